The highest BCUT2D eigenvalue weighted by Gasteiger charge is 2.36. The van der Waals surface area contributed by atoms with E-state index in [1.165, 1.54) is 5.01 Å². The first-order valence-electron chi connectivity index (χ1n) is 8.26. The molecule has 1 unspecified atom stereocenters. The minimum atomic E-state index is -1.00. The normalized spacial score (nSPS) is 17.3. The van der Waals surface area contributed by atoms with Crippen molar-refractivity contribution >= 4 is 23.3 Å². The summed E-state index contributed by atoms with van der Waals surface area (Å²) in [6, 6.07) is 8.13. The van der Waals surface area contributed by atoms with Crippen molar-refractivity contribution in [2.45, 2.75) is 32.7 Å². The van der Waals surface area contributed by atoms with Crippen LogP contribution < -0.4 is 10.3 Å². The van der Waals surface area contributed by atoms with Crippen molar-refractivity contribution < 1.29 is 19.4 Å². The molecule has 7 heteroatoms. The number of methoxy groups -OCH3 is 1. The van der Waals surface area contributed by atoms with Crippen LogP contribution in [0.1, 0.15) is 26.7 Å². The van der Waals surface area contributed by atoms with E-state index in [0.29, 0.717) is 18.8 Å². The van der Waals surface area contributed by atoms with Crippen LogP contribution in [0.5, 0.6) is 0 Å². The lowest BCUT2D eigenvalue weighted by Crippen LogP contribution is -2.39. The van der Waals surface area contributed by atoms with Gasteiger partial charge in [0.25, 0.3) is 5.91 Å². The van der Waals surface area contributed by atoms with Crippen molar-refractivity contribution in [2.24, 2.45) is 10.5 Å². The van der Waals surface area contributed by atoms with Crippen molar-refractivity contribution in [3.63, 3.8) is 0 Å². The Morgan fingerprint density at radius 3 is 2.64 bits per heavy atom. The van der Waals surface area contributed by atoms with Gasteiger partial charge in [-0.1, -0.05) is 32.0 Å². The number of hydrazone groups is 1. The predicted molar refractivity (Wildman–Crippen MR) is 95.7 cm³/mol. The monoisotopic (exact) mass is 347 g/mol. The second-order valence-corrected chi connectivity index (χ2v) is 6.87. The molecule has 0 spiro atoms. The second kappa shape index (κ2) is 8.11. The van der Waals surface area contributed by atoms with E-state index in [2.05, 4.69) is 10.4 Å². The minimum Gasteiger partial charge on any atom is -0.480 e. The van der Waals surface area contributed by atoms with Crippen LogP contribution in [-0.4, -0.2) is 49.0 Å². The molecule has 25 heavy (non-hydrogen) atoms. The molecular formula is C18H25N3O4. The number of carbonyl (C=O) groups excluding carboxylic acids is 1. The van der Waals surface area contributed by atoms with Gasteiger partial charge in [0.1, 0.15) is 5.71 Å². The summed E-state index contributed by atoms with van der Waals surface area (Å²) < 4.78 is 5.08. The summed E-state index contributed by atoms with van der Waals surface area (Å²) in [4.78, 5) is 23.9. The quantitative estimate of drug-likeness (QED) is 0.749. The smallest absolute Gasteiger partial charge is 0.328 e. The fraction of sp³-hybridized carbons (Fsp3) is 0.500. The number of para-hydroxylation sites is 1. The predicted octanol–water partition coefficient (Wildman–Crippen LogP) is 1.88. The molecule has 0 bridgehead atoms. The Balaban J connectivity index is 2.06. The molecule has 1 amide bonds. The Bertz CT molecular complexity index is 643. The van der Waals surface area contributed by atoms with E-state index in [0.717, 1.165) is 6.42 Å². The first-order chi connectivity index (χ1) is 11.8. The topological polar surface area (TPSA) is 91.2 Å². The van der Waals surface area contributed by atoms with Gasteiger partial charge in [-0.15, -0.1) is 0 Å². The fourth-order valence-corrected chi connectivity index (χ4v) is 2.55. The third-order valence-electron chi connectivity index (χ3n) is 4.19. The number of hydrogen-bond acceptors (Lipinski definition) is 5. The molecule has 1 aromatic carbocycles. The number of amides is 1. The minimum absolute atomic E-state index is 0.0779. The number of carbonyl (C=O) groups is 2. The third-order valence-corrected chi connectivity index (χ3v) is 4.19. The van der Waals surface area contributed by atoms with Gasteiger partial charge in [0.15, 0.2) is 6.04 Å². The van der Waals surface area contributed by atoms with Crippen molar-refractivity contribution in [3.05, 3.63) is 30.3 Å². The maximum atomic E-state index is 12.4. The second-order valence-electron chi connectivity index (χ2n) is 6.87. The van der Waals surface area contributed by atoms with Gasteiger partial charge >= 0.3 is 5.97 Å². The van der Waals surface area contributed by atoms with E-state index in [1.807, 2.05) is 19.9 Å². The average Bonchev–Trinajstić information content (AvgIpc) is 3.04. The first kappa shape index (κ1) is 18.9. The number of rotatable bonds is 8. The summed E-state index contributed by atoms with van der Waals surface area (Å²) in [5.74, 6) is -1.33. The number of anilines is 1. The molecule has 0 fully saturated rings. The molecule has 1 aromatic rings. The van der Waals surface area contributed by atoms with Crippen molar-refractivity contribution in [3.8, 4) is 0 Å². The average molecular weight is 347 g/mol. The zero-order chi connectivity index (χ0) is 18.4. The van der Waals surface area contributed by atoms with E-state index < -0.39 is 12.0 Å². The maximum Gasteiger partial charge on any atom is 0.328 e. The molecule has 1 heterocycles. The Labute approximate surface area is 147 Å². The number of ether oxygens (including phenoxy) is 1. The summed E-state index contributed by atoms with van der Waals surface area (Å²) >= 11 is 0. The van der Waals surface area contributed by atoms with Gasteiger partial charge in [0.2, 0.25) is 0 Å². The van der Waals surface area contributed by atoms with Crippen molar-refractivity contribution in [1.29, 1.82) is 0 Å². The molecule has 2 rings (SSSR count). The molecule has 0 aromatic heterocycles. The Hall–Kier alpha value is -2.41. The molecule has 0 saturated heterocycles. The molecular weight excluding hydrogens is 322 g/mol. The number of hydrogen-bond donors (Lipinski definition) is 2. The molecule has 0 aliphatic carbocycles. The number of nitrogens with zero attached hydrogens (tertiary/aromatic N) is 2. The molecule has 0 radical (unpaired) electrons. The van der Waals surface area contributed by atoms with Crippen molar-refractivity contribution in [2.75, 3.05) is 25.3 Å². The summed E-state index contributed by atoms with van der Waals surface area (Å²) in [5.41, 5.74) is 0.771. The van der Waals surface area contributed by atoms with Crippen LogP contribution in [0.2, 0.25) is 0 Å². The summed E-state index contributed by atoms with van der Waals surface area (Å²) in [6.45, 7) is 5.17. The highest BCUT2D eigenvalue weighted by atomic mass is 16.5. The van der Waals surface area contributed by atoms with E-state index in [-0.39, 0.29) is 23.5 Å². The SMILES string of the molecule is COCCC(C)(C)CNC(=O)C1=NN(c2ccccc2)C(C(=O)O)C1. The highest BCUT2D eigenvalue weighted by molar-refractivity contribution is 6.40. The van der Waals surface area contributed by atoms with Crippen LogP contribution in [0.3, 0.4) is 0 Å². The molecule has 7 nitrogen and oxygen atoms in total. The maximum absolute atomic E-state index is 12.4. The summed E-state index contributed by atoms with van der Waals surface area (Å²) in [7, 11) is 1.64. The van der Waals surface area contributed by atoms with E-state index in [1.54, 1.807) is 31.4 Å². The lowest BCUT2D eigenvalue weighted by Gasteiger charge is -2.24. The largest absolute Gasteiger partial charge is 0.480 e. The van der Waals surface area contributed by atoms with E-state index >= 15 is 0 Å². The van der Waals surface area contributed by atoms with Crippen LogP contribution in [0, 0.1) is 5.41 Å². The Kier molecular flexibility index (Phi) is 6.14. The lowest BCUT2D eigenvalue weighted by atomic mass is 9.89. The summed E-state index contributed by atoms with van der Waals surface area (Å²) in [5, 5.41) is 18.0. The first-order valence-corrected chi connectivity index (χ1v) is 8.26. The van der Waals surface area contributed by atoms with Crippen LogP contribution in [0.15, 0.2) is 35.4 Å². The van der Waals surface area contributed by atoms with Gasteiger partial charge in [0.05, 0.1) is 5.69 Å². The van der Waals surface area contributed by atoms with Gasteiger partial charge in [-0.2, -0.15) is 5.10 Å². The van der Waals surface area contributed by atoms with Gasteiger partial charge < -0.3 is 15.2 Å². The molecule has 1 atom stereocenters. The van der Waals surface area contributed by atoms with Crippen molar-refractivity contribution in [1.82, 2.24) is 5.32 Å². The standard InChI is InChI=1S/C18H25N3O4/c1-18(2,9-10-25-3)12-19-16(22)14-11-15(17(23)24)21(20-14)13-7-5-4-6-8-13/h4-8,15H,9-12H2,1-3H3,(H,19,22)(H,23,24). The Morgan fingerprint density at radius 1 is 1.36 bits per heavy atom. The highest BCUT2D eigenvalue weighted by Crippen LogP contribution is 2.25. The third kappa shape index (κ3) is 5.03. The van der Waals surface area contributed by atoms with Gasteiger partial charge in [-0.3, -0.25) is 9.80 Å². The number of carboxylic acid groups (broad SMARTS) is 1. The van der Waals surface area contributed by atoms with Gasteiger partial charge in [-0.05, 0) is 24.0 Å². The lowest BCUT2D eigenvalue weighted by molar-refractivity contribution is -0.138. The van der Waals surface area contributed by atoms with E-state index in [9.17, 15) is 14.7 Å². The number of carboxylic acids is 1. The Morgan fingerprint density at radius 2 is 2.04 bits per heavy atom. The van der Waals surface area contributed by atoms with Gasteiger partial charge in [0, 0.05) is 26.7 Å². The molecule has 2 N–H and O–H groups in total. The van der Waals surface area contributed by atoms with E-state index in [4.69, 9.17) is 4.74 Å². The van der Waals surface area contributed by atoms with Crippen LogP contribution >= 0.6 is 0 Å². The van der Waals surface area contributed by atoms with Crippen LogP contribution in [-0.2, 0) is 14.3 Å². The number of benzene rings is 1. The number of aliphatic carboxylic acids is 1. The van der Waals surface area contributed by atoms with Crippen LogP contribution in [0.4, 0.5) is 5.69 Å². The molecule has 1 aliphatic heterocycles. The zero-order valence-corrected chi connectivity index (χ0v) is 14.9. The fourth-order valence-electron chi connectivity index (χ4n) is 2.55. The van der Waals surface area contributed by atoms with Crippen LogP contribution in [0.25, 0.3) is 0 Å². The molecule has 1 aliphatic rings. The molecule has 136 valence electrons. The summed E-state index contributed by atoms with van der Waals surface area (Å²) in [6.07, 6.45) is 0.888. The molecule has 0 saturated carbocycles. The van der Waals surface area contributed by atoms with Gasteiger partial charge in [-0.25, -0.2) is 4.79 Å². The number of nitrogens with one attached hydrogen (secondary N) is 1. The zero-order valence-electron chi connectivity index (χ0n) is 14.9.